The summed E-state index contributed by atoms with van der Waals surface area (Å²) in [6.07, 6.45) is 1.66. The number of carbonyl (C=O) groups is 2. The Bertz CT molecular complexity index is 773. The molecule has 2 aromatic carbocycles. The number of carbonyl (C=O) groups excluding carboxylic acids is 2. The van der Waals surface area contributed by atoms with Crippen molar-refractivity contribution >= 4 is 17.6 Å². The molecule has 0 aliphatic carbocycles. The van der Waals surface area contributed by atoms with Gasteiger partial charge in [0.05, 0.1) is 19.3 Å². The van der Waals surface area contributed by atoms with Crippen LogP contribution in [-0.4, -0.2) is 31.7 Å². The molecule has 0 radical (unpaired) electrons. The maximum atomic E-state index is 12.5. The molecule has 0 saturated heterocycles. The Labute approximate surface area is 165 Å². The summed E-state index contributed by atoms with van der Waals surface area (Å²) in [4.78, 5) is 24.5. The van der Waals surface area contributed by atoms with Crippen LogP contribution >= 0.6 is 0 Å². The van der Waals surface area contributed by atoms with E-state index in [2.05, 4.69) is 5.32 Å². The highest BCUT2D eigenvalue weighted by Gasteiger charge is 2.19. The van der Waals surface area contributed by atoms with E-state index in [0.717, 1.165) is 12.8 Å². The van der Waals surface area contributed by atoms with Crippen molar-refractivity contribution in [2.75, 3.05) is 19.0 Å². The van der Waals surface area contributed by atoms with Gasteiger partial charge in [-0.1, -0.05) is 26.3 Å². The molecule has 1 N–H and O–H groups in total. The average molecular weight is 385 g/mol. The fourth-order valence-electron chi connectivity index (χ4n) is 2.47. The summed E-state index contributed by atoms with van der Waals surface area (Å²) in [7, 11) is 1.58. The van der Waals surface area contributed by atoms with E-state index in [9.17, 15) is 9.59 Å². The second-order valence-electron chi connectivity index (χ2n) is 6.25. The van der Waals surface area contributed by atoms with Crippen LogP contribution in [0.25, 0.3) is 0 Å². The Morgan fingerprint density at radius 3 is 2.39 bits per heavy atom. The predicted molar refractivity (Wildman–Crippen MR) is 108 cm³/mol. The van der Waals surface area contributed by atoms with Gasteiger partial charge in [0.15, 0.2) is 6.10 Å². The number of ether oxygens (including phenoxy) is 3. The lowest BCUT2D eigenvalue weighted by molar-refractivity contribution is -0.122. The van der Waals surface area contributed by atoms with Crippen molar-refractivity contribution in [3.63, 3.8) is 0 Å². The SMILES string of the molecule is CCCCOC(=O)c1ccc(NC(=O)[C@H](CC)Oc2cccc(OC)c2)cc1. The van der Waals surface area contributed by atoms with E-state index >= 15 is 0 Å². The lowest BCUT2D eigenvalue weighted by Crippen LogP contribution is -2.32. The molecule has 2 aromatic rings. The van der Waals surface area contributed by atoms with E-state index in [0.29, 0.717) is 35.8 Å². The van der Waals surface area contributed by atoms with Gasteiger partial charge in [0.1, 0.15) is 11.5 Å². The summed E-state index contributed by atoms with van der Waals surface area (Å²) >= 11 is 0. The summed E-state index contributed by atoms with van der Waals surface area (Å²) in [5.74, 6) is 0.600. The third kappa shape index (κ3) is 6.30. The van der Waals surface area contributed by atoms with Gasteiger partial charge in [-0.2, -0.15) is 0 Å². The molecule has 0 bridgehead atoms. The second-order valence-corrected chi connectivity index (χ2v) is 6.25. The molecular weight excluding hydrogens is 358 g/mol. The molecule has 2 rings (SSSR count). The van der Waals surface area contributed by atoms with Crippen LogP contribution < -0.4 is 14.8 Å². The number of hydrogen-bond acceptors (Lipinski definition) is 5. The molecule has 6 heteroatoms. The van der Waals surface area contributed by atoms with E-state index < -0.39 is 6.10 Å². The minimum Gasteiger partial charge on any atom is -0.497 e. The van der Waals surface area contributed by atoms with Gasteiger partial charge in [-0.05, 0) is 49.2 Å². The molecule has 6 nitrogen and oxygen atoms in total. The van der Waals surface area contributed by atoms with Gasteiger partial charge in [0.25, 0.3) is 5.91 Å². The first-order valence-corrected chi connectivity index (χ1v) is 9.46. The zero-order valence-electron chi connectivity index (χ0n) is 16.6. The Hall–Kier alpha value is -3.02. The average Bonchev–Trinajstić information content (AvgIpc) is 2.72. The molecular formula is C22H27NO5. The van der Waals surface area contributed by atoms with Crippen molar-refractivity contribution in [2.24, 2.45) is 0 Å². The lowest BCUT2D eigenvalue weighted by Gasteiger charge is -2.17. The van der Waals surface area contributed by atoms with Crippen molar-refractivity contribution in [1.29, 1.82) is 0 Å². The van der Waals surface area contributed by atoms with Gasteiger partial charge in [-0.25, -0.2) is 4.79 Å². The highest BCUT2D eigenvalue weighted by Crippen LogP contribution is 2.21. The molecule has 0 aliphatic rings. The summed E-state index contributed by atoms with van der Waals surface area (Å²) in [5, 5.41) is 2.81. The molecule has 150 valence electrons. The molecule has 0 unspecified atom stereocenters. The van der Waals surface area contributed by atoms with E-state index in [4.69, 9.17) is 14.2 Å². The van der Waals surface area contributed by atoms with E-state index in [-0.39, 0.29) is 11.9 Å². The molecule has 0 saturated carbocycles. The van der Waals surface area contributed by atoms with Crippen LogP contribution in [-0.2, 0) is 9.53 Å². The monoisotopic (exact) mass is 385 g/mol. The van der Waals surface area contributed by atoms with Gasteiger partial charge in [-0.15, -0.1) is 0 Å². The standard InChI is InChI=1S/C22H27NO5/c1-4-6-14-27-22(25)16-10-12-17(13-11-16)23-21(24)20(5-2)28-19-9-7-8-18(15-19)26-3/h7-13,15,20H,4-6,14H2,1-3H3,(H,23,24)/t20-/m0/s1. The third-order valence-electron chi connectivity index (χ3n) is 4.10. The highest BCUT2D eigenvalue weighted by atomic mass is 16.5. The van der Waals surface area contributed by atoms with Gasteiger partial charge < -0.3 is 19.5 Å². The van der Waals surface area contributed by atoms with Gasteiger partial charge in [0, 0.05) is 11.8 Å². The van der Waals surface area contributed by atoms with Crippen LogP contribution in [0.2, 0.25) is 0 Å². The number of amides is 1. The van der Waals surface area contributed by atoms with Crippen LogP contribution in [0.3, 0.4) is 0 Å². The molecule has 1 amide bonds. The van der Waals surface area contributed by atoms with Crippen LogP contribution in [0.5, 0.6) is 11.5 Å². The van der Waals surface area contributed by atoms with Crippen LogP contribution in [0, 0.1) is 0 Å². The minimum absolute atomic E-state index is 0.261. The smallest absolute Gasteiger partial charge is 0.338 e. The first-order chi connectivity index (χ1) is 13.6. The quantitative estimate of drug-likeness (QED) is 0.483. The van der Waals surface area contributed by atoms with Crippen molar-refractivity contribution in [2.45, 2.75) is 39.2 Å². The number of nitrogens with one attached hydrogen (secondary N) is 1. The minimum atomic E-state index is -0.647. The summed E-state index contributed by atoms with van der Waals surface area (Å²) < 4.78 is 16.1. The largest absolute Gasteiger partial charge is 0.497 e. The zero-order chi connectivity index (χ0) is 20.4. The number of esters is 1. The van der Waals surface area contributed by atoms with Crippen molar-refractivity contribution in [1.82, 2.24) is 0 Å². The molecule has 0 aliphatic heterocycles. The number of methoxy groups -OCH3 is 1. The van der Waals surface area contributed by atoms with Gasteiger partial charge >= 0.3 is 5.97 Å². The first-order valence-electron chi connectivity index (χ1n) is 9.46. The molecule has 0 fully saturated rings. The van der Waals surface area contributed by atoms with Crippen molar-refractivity contribution in [3.05, 3.63) is 54.1 Å². The number of hydrogen-bond donors (Lipinski definition) is 1. The fraction of sp³-hybridized carbons (Fsp3) is 0.364. The lowest BCUT2D eigenvalue weighted by atomic mass is 10.2. The van der Waals surface area contributed by atoms with Gasteiger partial charge in [-0.3, -0.25) is 4.79 Å². The van der Waals surface area contributed by atoms with Crippen molar-refractivity contribution in [3.8, 4) is 11.5 Å². The maximum Gasteiger partial charge on any atom is 0.338 e. The maximum absolute atomic E-state index is 12.5. The number of benzene rings is 2. The summed E-state index contributed by atoms with van der Waals surface area (Å²) in [5.41, 5.74) is 1.04. The van der Waals surface area contributed by atoms with Crippen LogP contribution in [0.1, 0.15) is 43.5 Å². The van der Waals surface area contributed by atoms with E-state index in [1.54, 1.807) is 49.6 Å². The Morgan fingerprint density at radius 2 is 1.75 bits per heavy atom. The molecule has 0 spiro atoms. The van der Waals surface area contributed by atoms with Gasteiger partial charge in [0.2, 0.25) is 0 Å². The van der Waals surface area contributed by atoms with E-state index in [1.165, 1.54) is 0 Å². The Balaban J connectivity index is 1.95. The summed E-state index contributed by atoms with van der Waals surface area (Å²) in [6, 6.07) is 13.7. The number of anilines is 1. The molecule has 0 aromatic heterocycles. The topological polar surface area (TPSA) is 73.9 Å². The first kappa shape index (κ1) is 21.3. The van der Waals surface area contributed by atoms with E-state index in [1.807, 2.05) is 19.9 Å². The molecule has 28 heavy (non-hydrogen) atoms. The Morgan fingerprint density at radius 1 is 1.04 bits per heavy atom. The fourth-order valence-corrected chi connectivity index (χ4v) is 2.47. The molecule has 0 heterocycles. The summed E-state index contributed by atoms with van der Waals surface area (Å²) in [6.45, 7) is 4.32. The number of unbranched alkanes of at least 4 members (excludes halogenated alkanes) is 1. The normalized spacial score (nSPS) is 11.4. The predicted octanol–water partition coefficient (Wildman–Crippen LogP) is 4.45. The highest BCUT2D eigenvalue weighted by molar-refractivity contribution is 5.95. The number of rotatable bonds is 10. The zero-order valence-corrected chi connectivity index (χ0v) is 16.6. The second kappa shape index (κ2) is 11.0. The van der Waals surface area contributed by atoms with Crippen LogP contribution in [0.4, 0.5) is 5.69 Å². The van der Waals surface area contributed by atoms with Crippen LogP contribution in [0.15, 0.2) is 48.5 Å². The third-order valence-corrected chi connectivity index (χ3v) is 4.10. The molecule has 1 atom stereocenters. The Kier molecular flexibility index (Phi) is 8.34. The van der Waals surface area contributed by atoms with Crippen molar-refractivity contribution < 1.29 is 23.8 Å².